The van der Waals surface area contributed by atoms with Crippen molar-refractivity contribution in [1.82, 2.24) is 4.31 Å². The summed E-state index contributed by atoms with van der Waals surface area (Å²) in [6.07, 6.45) is 0.782. The van der Waals surface area contributed by atoms with Crippen LogP contribution in [-0.2, 0) is 32.3 Å². The van der Waals surface area contributed by atoms with Gasteiger partial charge in [-0.05, 0) is 47.9 Å². The molecule has 7 nitrogen and oxygen atoms in total. The van der Waals surface area contributed by atoms with Gasteiger partial charge in [0.2, 0.25) is 10.0 Å². The molecule has 1 aliphatic heterocycles. The number of carbonyl (C=O) groups excluding carboxylic acids is 1. The smallest absolute Gasteiger partial charge is 0.386 e. The minimum atomic E-state index is -4.63. The Bertz CT molecular complexity index is 1250. The summed E-state index contributed by atoms with van der Waals surface area (Å²) < 4.78 is 65.4. The number of alkyl halides is 3. The summed E-state index contributed by atoms with van der Waals surface area (Å²) in [7, 11) is -4.07. The fourth-order valence-corrected chi connectivity index (χ4v) is 5.25. The molecule has 2 aromatic rings. The van der Waals surface area contributed by atoms with Crippen molar-refractivity contribution in [2.24, 2.45) is 5.16 Å². The van der Waals surface area contributed by atoms with E-state index in [1.165, 1.54) is 5.56 Å². The molecule has 0 atom stereocenters. The molecule has 180 valence electrons. The average Bonchev–Trinajstić information content (AvgIpc) is 3.27. The van der Waals surface area contributed by atoms with Gasteiger partial charge < -0.3 is 10.2 Å². The minimum absolute atomic E-state index is 0.0512. The molecule has 1 amide bonds. The van der Waals surface area contributed by atoms with Crippen LogP contribution in [0.1, 0.15) is 29.5 Å². The van der Waals surface area contributed by atoms with E-state index < -0.39 is 26.7 Å². The van der Waals surface area contributed by atoms with Crippen LogP contribution in [0.3, 0.4) is 0 Å². The molecule has 0 unspecified atom stereocenters. The lowest BCUT2D eigenvalue weighted by Gasteiger charge is -2.26. The summed E-state index contributed by atoms with van der Waals surface area (Å²) in [5, 5.41) is 6.67. The third-order valence-corrected chi connectivity index (χ3v) is 7.45. The highest BCUT2D eigenvalue weighted by Gasteiger charge is 2.33. The molecule has 1 aliphatic carbocycles. The molecule has 1 heterocycles. The van der Waals surface area contributed by atoms with Crippen molar-refractivity contribution in [1.29, 1.82) is 0 Å². The van der Waals surface area contributed by atoms with E-state index in [0.29, 0.717) is 17.5 Å². The summed E-state index contributed by atoms with van der Waals surface area (Å²) >= 11 is 0. The number of hydrogen-bond donors (Lipinski definition) is 1. The lowest BCUT2D eigenvalue weighted by atomic mass is 10.1. The summed E-state index contributed by atoms with van der Waals surface area (Å²) in [4.78, 5) is 16.8. The number of carbonyl (C=O) groups is 1. The van der Waals surface area contributed by atoms with Crippen molar-refractivity contribution in [3.05, 3.63) is 65.2 Å². The van der Waals surface area contributed by atoms with E-state index in [1.807, 2.05) is 30.4 Å². The third kappa shape index (κ3) is 5.48. The van der Waals surface area contributed by atoms with Crippen molar-refractivity contribution in [3.63, 3.8) is 0 Å². The maximum atomic E-state index is 12.9. The van der Waals surface area contributed by atoms with Crippen LogP contribution >= 0.6 is 0 Å². The quantitative estimate of drug-likeness (QED) is 0.615. The molecule has 1 saturated heterocycles. The van der Waals surface area contributed by atoms with Gasteiger partial charge in [-0.2, -0.15) is 17.5 Å². The highest BCUT2D eigenvalue weighted by molar-refractivity contribution is 7.89. The molecule has 2 aliphatic rings. The molecule has 0 bridgehead atoms. The molecule has 0 spiro atoms. The Hall–Kier alpha value is -3.18. The first kappa shape index (κ1) is 24.0. The van der Waals surface area contributed by atoms with E-state index in [1.54, 1.807) is 0 Å². The lowest BCUT2D eigenvalue weighted by molar-refractivity contribution is -0.137. The largest absolute Gasteiger partial charge is 0.416 e. The second-order valence-corrected chi connectivity index (χ2v) is 9.87. The van der Waals surface area contributed by atoms with E-state index in [2.05, 4.69) is 10.5 Å². The van der Waals surface area contributed by atoms with Crippen molar-refractivity contribution >= 4 is 33.4 Å². The highest BCUT2D eigenvalue weighted by atomic mass is 32.2. The summed E-state index contributed by atoms with van der Waals surface area (Å²) in [5.74, 6) is -0.379. The van der Waals surface area contributed by atoms with Crippen molar-refractivity contribution in [2.45, 2.75) is 30.3 Å². The SMILES string of the molecule is O=C(CON=C1CCN(S(=O)(=O)c2cccc(C(F)(F)F)c2)CC1)Nc1ccc2c(c1)C=CC2. The Morgan fingerprint density at radius 2 is 1.88 bits per heavy atom. The Morgan fingerprint density at radius 1 is 1.12 bits per heavy atom. The first-order valence-corrected chi connectivity index (χ1v) is 12.0. The number of oxime groups is 1. The average molecular weight is 494 g/mol. The number of hydrogen-bond acceptors (Lipinski definition) is 5. The van der Waals surface area contributed by atoms with Crippen molar-refractivity contribution < 1.29 is 31.2 Å². The predicted molar refractivity (Wildman–Crippen MR) is 121 cm³/mol. The van der Waals surface area contributed by atoms with Crippen LogP contribution in [0.5, 0.6) is 0 Å². The second kappa shape index (κ2) is 9.59. The Kier molecular flexibility index (Phi) is 6.76. The summed E-state index contributed by atoms with van der Waals surface area (Å²) in [5.41, 5.74) is 2.47. The molecular formula is C23H22F3N3O4S. The first-order valence-electron chi connectivity index (χ1n) is 10.6. The molecule has 0 aromatic heterocycles. The molecule has 0 saturated carbocycles. The van der Waals surface area contributed by atoms with Crippen LogP contribution in [0.15, 0.2) is 58.6 Å². The van der Waals surface area contributed by atoms with Gasteiger partial charge in [0.25, 0.3) is 5.91 Å². The van der Waals surface area contributed by atoms with Crippen LogP contribution in [-0.4, -0.2) is 44.0 Å². The lowest BCUT2D eigenvalue weighted by Crippen LogP contribution is -2.38. The normalized spacial score (nSPS) is 16.3. The number of sulfonamides is 1. The maximum Gasteiger partial charge on any atom is 0.416 e. The standard InChI is InChI=1S/C23H22F3N3O4S/c24-23(25,26)18-5-2-6-21(14-18)34(31,32)29-11-9-19(10-12-29)28-33-15-22(30)27-20-8-7-16-3-1-4-17(16)13-20/h1-2,4-8,13-14H,3,9-12,15H2,(H,27,30). The Labute approximate surface area is 194 Å². The number of anilines is 1. The number of allylic oxidation sites excluding steroid dienone is 1. The molecule has 11 heteroatoms. The molecule has 4 rings (SSSR count). The summed E-state index contributed by atoms with van der Waals surface area (Å²) in [6.45, 7) is -0.201. The van der Waals surface area contributed by atoms with Gasteiger partial charge in [0.15, 0.2) is 6.61 Å². The number of nitrogens with one attached hydrogen (secondary N) is 1. The van der Waals surface area contributed by atoms with Crippen LogP contribution in [0, 0.1) is 0 Å². The molecule has 34 heavy (non-hydrogen) atoms. The molecule has 1 N–H and O–H groups in total. The van der Waals surface area contributed by atoms with E-state index >= 15 is 0 Å². The highest BCUT2D eigenvalue weighted by Crippen LogP contribution is 2.31. The fraction of sp³-hybridized carbons (Fsp3) is 0.304. The van der Waals surface area contributed by atoms with E-state index in [4.69, 9.17) is 4.84 Å². The number of rotatable bonds is 6. The van der Waals surface area contributed by atoms with Gasteiger partial charge in [-0.15, -0.1) is 0 Å². The monoisotopic (exact) mass is 493 g/mol. The van der Waals surface area contributed by atoms with E-state index in [0.717, 1.165) is 34.5 Å². The minimum Gasteiger partial charge on any atom is -0.386 e. The molecule has 1 fully saturated rings. The third-order valence-electron chi connectivity index (χ3n) is 5.55. The molecule has 2 aromatic carbocycles. The van der Waals surface area contributed by atoms with Crippen molar-refractivity contribution in [2.75, 3.05) is 25.0 Å². The van der Waals surface area contributed by atoms with Gasteiger partial charge in [-0.1, -0.05) is 29.4 Å². The van der Waals surface area contributed by atoms with Crippen LogP contribution < -0.4 is 5.32 Å². The van der Waals surface area contributed by atoms with Gasteiger partial charge in [0, 0.05) is 31.6 Å². The van der Waals surface area contributed by atoms with Crippen molar-refractivity contribution in [3.8, 4) is 0 Å². The van der Waals surface area contributed by atoms with Gasteiger partial charge in [0.05, 0.1) is 16.2 Å². The first-order chi connectivity index (χ1) is 16.1. The maximum absolute atomic E-state index is 12.9. The van der Waals surface area contributed by atoms with Crippen LogP contribution in [0.2, 0.25) is 0 Å². The molecular weight excluding hydrogens is 471 g/mol. The number of nitrogens with zero attached hydrogens (tertiary/aromatic N) is 2. The zero-order valence-electron chi connectivity index (χ0n) is 18.0. The van der Waals surface area contributed by atoms with Crippen LogP contribution in [0.4, 0.5) is 18.9 Å². The second-order valence-electron chi connectivity index (χ2n) is 7.93. The van der Waals surface area contributed by atoms with E-state index in [-0.39, 0.29) is 38.4 Å². The number of halogens is 3. The van der Waals surface area contributed by atoms with Gasteiger partial charge in [0.1, 0.15) is 0 Å². The molecule has 0 radical (unpaired) electrons. The van der Waals surface area contributed by atoms with Gasteiger partial charge in [-0.25, -0.2) is 8.42 Å². The zero-order valence-corrected chi connectivity index (χ0v) is 18.8. The van der Waals surface area contributed by atoms with Crippen LogP contribution in [0.25, 0.3) is 6.08 Å². The van der Waals surface area contributed by atoms with Gasteiger partial charge >= 0.3 is 6.18 Å². The number of piperidine rings is 1. The van der Waals surface area contributed by atoms with Gasteiger partial charge in [-0.3, -0.25) is 4.79 Å². The Morgan fingerprint density at radius 3 is 2.62 bits per heavy atom. The summed E-state index contributed by atoms with van der Waals surface area (Å²) in [6, 6.07) is 9.33. The topological polar surface area (TPSA) is 88.1 Å². The van der Waals surface area contributed by atoms with E-state index in [9.17, 15) is 26.4 Å². The number of benzene rings is 2. The fourth-order valence-electron chi connectivity index (χ4n) is 3.76. The number of fused-ring (bicyclic) bond motifs is 1. The zero-order chi connectivity index (χ0) is 24.3. The predicted octanol–water partition coefficient (Wildman–Crippen LogP) is 4.07. The Balaban J connectivity index is 1.28. The number of amides is 1.